The van der Waals surface area contributed by atoms with Crippen LogP contribution >= 0.6 is 23.5 Å². The van der Waals surface area contributed by atoms with Crippen molar-refractivity contribution < 1.29 is 9.90 Å². The normalized spacial score (nSPS) is 12.6. The number of carboxylic acids is 1. The number of carboxylic acid groups (broad SMARTS) is 1. The third kappa shape index (κ3) is 5.24. The van der Waals surface area contributed by atoms with Gasteiger partial charge in [-0.1, -0.05) is 44.3 Å². The lowest BCUT2D eigenvalue weighted by atomic mass is 10.1. The Labute approximate surface area is 156 Å². The Kier molecular flexibility index (Phi) is 5.58. The van der Waals surface area contributed by atoms with E-state index in [1.807, 2.05) is 11.6 Å². The van der Waals surface area contributed by atoms with Crippen LogP contribution in [0.25, 0.3) is 0 Å². The third-order valence-corrected chi connectivity index (χ3v) is 5.74. The molecule has 1 N–H and O–H groups in total. The van der Waals surface area contributed by atoms with Crippen molar-refractivity contribution in [2.45, 2.75) is 60.8 Å². The minimum absolute atomic E-state index is 0.0586. The van der Waals surface area contributed by atoms with Crippen LogP contribution in [0.5, 0.6) is 0 Å². The summed E-state index contributed by atoms with van der Waals surface area (Å²) < 4.78 is 3.63. The third-order valence-electron chi connectivity index (χ3n) is 3.33. The van der Waals surface area contributed by atoms with E-state index >= 15 is 0 Å². The quantitative estimate of drug-likeness (QED) is 0.766. The molecule has 9 heteroatoms. The molecule has 2 aromatic heterocycles. The zero-order chi connectivity index (χ0) is 19.0. The van der Waals surface area contributed by atoms with Gasteiger partial charge in [0.2, 0.25) is 0 Å². The molecular weight excluding hydrogens is 358 g/mol. The van der Waals surface area contributed by atoms with E-state index in [0.29, 0.717) is 11.6 Å². The van der Waals surface area contributed by atoms with E-state index in [1.54, 1.807) is 23.4 Å². The molecule has 0 radical (unpaired) electrons. The van der Waals surface area contributed by atoms with Gasteiger partial charge in [0, 0.05) is 36.2 Å². The Hall–Kier alpha value is -1.48. The predicted octanol–water partition coefficient (Wildman–Crippen LogP) is 3.25. The van der Waals surface area contributed by atoms with Crippen molar-refractivity contribution in [2.24, 2.45) is 14.1 Å². The van der Waals surface area contributed by atoms with Gasteiger partial charge in [-0.2, -0.15) is 0 Å². The fourth-order valence-electron chi connectivity index (χ4n) is 2.17. The van der Waals surface area contributed by atoms with Crippen LogP contribution in [0.2, 0.25) is 0 Å². The van der Waals surface area contributed by atoms with Gasteiger partial charge in [0.1, 0.15) is 5.82 Å². The summed E-state index contributed by atoms with van der Waals surface area (Å²) in [7, 11) is 3.78. The summed E-state index contributed by atoms with van der Waals surface area (Å²) in [5.74, 6) is -0.116. The molecule has 0 aliphatic rings. The molecular formula is C16H25N5O2S2. The number of hydrogen-bond acceptors (Lipinski definition) is 6. The number of aryl methyl sites for hydroxylation is 1. The Morgan fingerprint density at radius 2 is 1.76 bits per heavy atom. The fraction of sp³-hybridized carbons (Fsp3) is 0.625. The average Bonchev–Trinajstić information content (AvgIpc) is 2.94. The number of hydrogen-bond donors (Lipinski definition) is 1. The highest BCUT2D eigenvalue weighted by Gasteiger charge is 2.27. The minimum atomic E-state index is -1.02. The Bertz CT molecular complexity index is 774. The maximum absolute atomic E-state index is 11.1. The number of aromatic carboxylic acids is 1. The smallest absolute Gasteiger partial charge is 0.356 e. The highest BCUT2D eigenvalue weighted by molar-refractivity contribution is 8.00. The number of thioether (sulfide) groups is 2. The van der Waals surface area contributed by atoms with Crippen molar-refractivity contribution in [3.05, 3.63) is 17.7 Å². The van der Waals surface area contributed by atoms with Crippen molar-refractivity contribution >= 4 is 29.5 Å². The molecule has 0 spiro atoms. The van der Waals surface area contributed by atoms with Crippen molar-refractivity contribution in [1.29, 1.82) is 0 Å². The standard InChI is InChI=1S/C16H25N5O2S2/c1-15(2,3)24-14-19-18-11(21(14)7)8-16(4,5)25-13-17-10(12(22)23)9-20(13)6/h9H,8H2,1-7H3,(H,22,23). The zero-order valence-electron chi connectivity index (χ0n) is 15.7. The van der Waals surface area contributed by atoms with Gasteiger partial charge in [-0.15, -0.1) is 10.2 Å². The molecule has 25 heavy (non-hydrogen) atoms. The van der Waals surface area contributed by atoms with Crippen LogP contribution in [0, 0.1) is 0 Å². The first kappa shape index (κ1) is 19.8. The van der Waals surface area contributed by atoms with Crippen LogP contribution in [0.15, 0.2) is 16.5 Å². The average molecular weight is 384 g/mol. The number of carbonyl (C=O) groups is 1. The summed E-state index contributed by atoms with van der Waals surface area (Å²) in [5, 5.41) is 19.3. The van der Waals surface area contributed by atoms with Crippen LogP contribution < -0.4 is 0 Å². The molecule has 0 saturated carbocycles. The van der Waals surface area contributed by atoms with E-state index in [4.69, 9.17) is 5.11 Å². The van der Waals surface area contributed by atoms with Crippen LogP contribution in [-0.4, -0.2) is 44.9 Å². The first-order valence-corrected chi connectivity index (χ1v) is 9.54. The Morgan fingerprint density at radius 3 is 2.28 bits per heavy atom. The topological polar surface area (TPSA) is 85.8 Å². The number of nitrogens with zero attached hydrogens (tertiary/aromatic N) is 5. The molecule has 0 saturated heterocycles. The van der Waals surface area contributed by atoms with Gasteiger partial charge in [0.15, 0.2) is 16.0 Å². The van der Waals surface area contributed by atoms with Crippen LogP contribution in [0.3, 0.4) is 0 Å². The van der Waals surface area contributed by atoms with Crippen molar-refractivity contribution in [3.63, 3.8) is 0 Å². The second-order valence-electron chi connectivity index (χ2n) is 7.54. The van der Waals surface area contributed by atoms with Gasteiger partial charge < -0.3 is 14.2 Å². The van der Waals surface area contributed by atoms with E-state index in [0.717, 1.165) is 11.0 Å². The maximum atomic E-state index is 11.1. The molecule has 0 aliphatic carbocycles. The maximum Gasteiger partial charge on any atom is 0.356 e. The molecule has 2 heterocycles. The molecule has 0 amide bonds. The monoisotopic (exact) mass is 383 g/mol. The summed E-state index contributed by atoms with van der Waals surface area (Å²) in [6, 6.07) is 0. The molecule has 0 atom stereocenters. The lowest BCUT2D eigenvalue weighted by Gasteiger charge is -2.23. The van der Waals surface area contributed by atoms with Crippen molar-refractivity contribution in [2.75, 3.05) is 0 Å². The second-order valence-corrected chi connectivity index (χ2v) is 11.0. The van der Waals surface area contributed by atoms with E-state index in [9.17, 15) is 4.79 Å². The summed E-state index contributed by atoms with van der Waals surface area (Å²) >= 11 is 3.23. The largest absolute Gasteiger partial charge is 0.476 e. The Morgan fingerprint density at radius 1 is 1.12 bits per heavy atom. The number of aromatic nitrogens is 5. The van der Waals surface area contributed by atoms with Gasteiger partial charge >= 0.3 is 5.97 Å². The highest BCUT2D eigenvalue weighted by Crippen LogP contribution is 2.35. The van der Waals surface area contributed by atoms with Crippen LogP contribution in [0.1, 0.15) is 50.9 Å². The molecule has 0 unspecified atom stereocenters. The second kappa shape index (κ2) is 7.03. The molecule has 7 nitrogen and oxygen atoms in total. The summed E-state index contributed by atoms with van der Waals surface area (Å²) in [4.78, 5) is 15.3. The van der Waals surface area contributed by atoms with Crippen molar-refractivity contribution in [3.8, 4) is 0 Å². The summed E-state index contributed by atoms with van der Waals surface area (Å²) in [6.45, 7) is 10.6. The zero-order valence-corrected chi connectivity index (χ0v) is 17.3. The van der Waals surface area contributed by atoms with E-state index in [1.165, 1.54) is 18.0 Å². The van der Waals surface area contributed by atoms with Crippen LogP contribution in [0.4, 0.5) is 0 Å². The molecule has 0 aromatic carbocycles. The molecule has 2 aromatic rings. The minimum Gasteiger partial charge on any atom is -0.476 e. The Balaban J connectivity index is 2.15. The van der Waals surface area contributed by atoms with Gasteiger partial charge in [-0.25, -0.2) is 9.78 Å². The summed E-state index contributed by atoms with van der Waals surface area (Å²) in [5.41, 5.74) is 0.0586. The molecule has 138 valence electrons. The first-order chi connectivity index (χ1) is 11.4. The predicted molar refractivity (Wildman–Crippen MR) is 100 cm³/mol. The highest BCUT2D eigenvalue weighted by atomic mass is 32.2. The van der Waals surface area contributed by atoms with Crippen LogP contribution in [-0.2, 0) is 20.5 Å². The lowest BCUT2D eigenvalue weighted by Crippen LogP contribution is -2.21. The van der Waals surface area contributed by atoms with E-state index in [2.05, 4.69) is 49.8 Å². The molecule has 0 bridgehead atoms. The molecule has 0 fully saturated rings. The first-order valence-electron chi connectivity index (χ1n) is 7.91. The van der Waals surface area contributed by atoms with Gasteiger partial charge in [-0.3, -0.25) is 0 Å². The summed E-state index contributed by atoms with van der Waals surface area (Å²) in [6.07, 6.45) is 2.22. The van der Waals surface area contributed by atoms with Gasteiger partial charge in [0.05, 0.1) is 0 Å². The molecule has 2 rings (SSSR count). The number of imidazole rings is 1. The van der Waals surface area contributed by atoms with Gasteiger partial charge in [-0.05, 0) is 13.8 Å². The van der Waals surface area contributed by atoms with E-state index in [-0.39, 0.29) is 15.2 Å². The fourth-order valence-corrected chi connectivity index (χ4v) is 4.08. The van der Waals surface area contributed by atoms with Gasteiger partial charge in [0.25, 0.3) is 0 Å². The molecule has 0 aliphatic heterocycles. The number of rotatable bonds is 6. The van der Waals surface area contributed by atoms with Crippen molar-refractivity contribution in [1.82, 2.24) is 24.3 Å². The van der Waals surface area contributed by atoms with E-state index < -0.39 is 5.97 Å². The lowest BCUT2D eigenvalue weighted by molar-refractivity contribution is 0.0690. The SMILES string of the molecule is Cn1cc(C(=O)O)nc1SC(C)(C)Cc1nnc(SC(C)(C)C)n1C.